The Morgan fingerprint density at radius 3 is 2.54 bits per heavy atom. The largest absolute Gasteiger partial charge is 0.491 e. The highest BCUT2D eigenvalue weighted by molar-refractivity contribution is 5.33. The molecule has 0 saturated carbocycles. The molecule has 0 aliphatic carbocycles. The van der Waals surface area contributed by atoms with E-state index >= 15 is 0 Å². The molecule has 0 heterocycles. The summed E-state index contributed by atoms with van der Waals surface area (Å²) in [7, 11) is 0. The zero-order valence-corrected chi connectivity index (χ0v) is 8.37. The molecule has 0 spiro atoms. The summed E-state index contributed by atoms with van der Waals surface area (Å²) in [4.78, 5) is 0. The van der Waals surface area contributed by atoms with E-state index in [2.05, 4.69) is 6.92 Å². The quantitative estimate of drug-likeness (QED) is 0.771. The third kappa shape index (κ3) is 3.07. The van der Waals surface area contributed by atoms with Crippen molar-refractivity contribution in [2.24, 2.45) is 0 Å². The maximum atomic E-state index is 9.01. The molecule has 0 bridgehead atoms. The SMILES string of the molecule is Cc1ccc(OC[C@H](C)O)cc1C. The van der Waals surface area contributed by atoms with Gasteiger partial charge in [-0.15, -0.1) is 0 Å². The van der Waals surface area contributed by atoms with Gasteiger partial charge >= 0.3 is 0 Å². The third-order valence-corrected chi connectivity index (χ3v) is 1.97. The first kappa shape index (κ1) is 10.1. The van der Waals surface area contributed by atoms with Crippen LogP contribution in [0.2, 0.25) is 0 Å². The first-order valence-corrected chi connectivity index (χ1v) is 4.47. The van der Waals surface area contributed by atoms with Crippen molar-refractivity contribution >= 4 is 0 Å². The van der Waals surface area contributed by atoms with Crippen LogP contribution in [0.1, 0.15) is 18.1 Å². The minimum atomic E-state index is -0.415. The summed E-state index contributed by atoms with van der Waals surface area (Å²) in [5.41, 5.74) is 2.47. The minimum Gasteiger partial charge on any atom is -0.491 e. The Morgan fingerprint density at radius 2 is 2.00 bits per heavy atom. The second-order valence-corrected chi connectivity index (χ2v) is 3.41. The van der Waals surface area contributed by atoms with Crippen LogP contribution >= 0.6 is 0 Å². The average Bonchev–Trinajstić information content (AvgIpc) is 2.07. The molecule has 1 atom stereocenters. The van der Waals surface area contributed by atoms with Crippen molar-refractivity contribution in [2.75, 3.05) is 6.61 Å². The van der Waals surface area contributed by atoms with Crippen LogP contribution in [0, 0.1) is 13.8 Å². The Labute approximate surface area is 79.2 Å². The number of rotatable bonds is 3. The van der Waals surface area contributed by atoms with Crippen molar-refractivity contribution in [1.82, 2.24) is 0 Å². The van der Waals surface area contributed by atoms with Gasteiger partial charge in [0, 0.05) is 0 Å². The predicted octanol–water partition coefficient (Wildman–Crippen LogP) is 2.06. The molecule has 1 N–H and O–H groups in total. The molecular weight excluding hydrogens is 164 g/mol. The summed E-state index contributed by atoms with van der Waals surface area (Å²) < 4.78 is 5.35. The summed E-state index contributed by atoms with van der Waals surface area (Å²) in [5, 5.41) is 9.01. The van der Waals surface area contributed by atoms with Crippen molar-refractivity contribution in [2.45, 2.75) is 26.9 Å². The highest BCUT2D eigenvalue weighted by Gasteiger charge is 1.99. The van der Waals surface area contributed by atoms with Crippen LogP contribution in [0.3, 0.4) is 0 Å². The summed E-state index contributed by atoms with van der Waals surface area (Å²) in [6.07, 6.45) is -0.415. The van der Waals surface area contributed by atoms with Gasteiger partial charge in [0.05, 0.1) is 6.10 Å². The molecule has 2 heteroatoms. The Bertz CT molecular complexity index is 279. The first-order chi connectivity index (χ1) is 6.09. The smallest absolute Gasteiger partial charge is 0.119 e. The Morgan fingerprint density at radius 1 is 1.31 bits per heavy atom. The van der Waals surface area contributed by atoms with E-state index in [0.29, 0.717) is 6.61 Å². The molecule has 13 heavy (non-hydrogen) atoms. The van der Waals surface area contributed by atoms with Crippen LogP contribution in [0.15, 0.2) is 18.2 Å². The Hall–Kier alpha value is -1.02. The van der Waals surface area contributed by atoms with Gasteiger partial charge in [-0.1, -0.05) is 6.07 Å². The molecule has 1 aromatic carbocycles. The summed E-state index contributed by atoms with van der Waals surface area (Å²) in [5.74, 6) is 0.823. The van der Waals surface area contributed by atoms with Gasteiger partial charge in [-0.25, -0.2) is 0 Å². The van der Waals surface area contributed by atoms with Gasteiger partial charge in [0.25, 0.3) is 0 Å². The number of benzene rings is 1. The van der Waals surface area contributed by atoms with E-state index < -0.39 is 6.10 Å². The molecule has 1 rings (SSSR count). The lowest BCUT2D eigenvalue weighted by molar-refractivity contribution is 0.122. The Balaban J connectivity index is 2.63. The molecule has 1 aromatic rings. The lowest BCUT2D eigenvalue weighted by Gasteiger charge is -2.09. The van der Waals surface area contributed by atoms with Gasteiger partial charge < -0.3 is 9.84 Å². The van der Waals surface area contributed by atoms with Crippen molar-refractivity contribution in [3.63, 3.8) is 0 Å². The fourth-order valence-electron chi connectivity index (χ4n) is 1.02. The second kappa shape index (κ2) is 4.28. The maximum Gasteiger partial charge on any atom is 0.119 e. The molecule has 0 unspecified atom stereocenters. The second-order valence-electron chi connectivity index (χ2n) is 3.41. The van der Waals surface area contributed by atoms with Crippen molar-refractivity contribution in [3.8, 4) is 5.75 Å². The maximum absolute atomic E-state index is 9.01. The van der Waals surface area contributed by atoms with Crippen LogP contribution < -0.4 is 4.74 Å². The molecule has 0 saturated heterocycles. The molecular formula is C11H16O2. The molecule has 0 aliphatic heterocycles. The van der Waals surface area contributed by atoms with Crippen LogP contribution in [-0.2, 0) is 0 Å². The van der Waals surface area contributed by atoms with Gasteiger partial charge in [0.15, 0.2) is 0 Å². The Kier molecular flexibility index (Phi) is 3.32. The standard InChI is InChI=1S/C11H16O2/c1-8-4-5-11(6-9(8)2)13-7-10(3)12/h4-6,10,12H,7H2,1-3H3/t10-/m0/s1. The van der Waals surface area contributed by atoms with E-state index in [4.69, 9.17) is 9.84 Å². The van der Waals surface area contributed by atoms with Crippen LogP contribution in [0.5, 0.6) is 5.75 Å². The average molecular weight is 180 g/mol. The number of hydrogen-bond donors (Lipinski definition) is 1. The van der Waals surface area contributed by atoms with E-state index in [1.165, 1.54) is 11.1 Å². The van der Waals surface area contributed by atoms with E-state index in [1.807, 2.05) is 25.1 Å². The zero-order chi connectivity index (χ0) is 9.84. The fraction of sp³-hybridized carbons (Fsp3) is 0.455. The van der Waals surface area contributed by atoms with Crippen molar-refractivity contribution < 1.29 is 9.84 Å². The van der Waals surface area contributed by atoms with Gasteiger partial charge in [-0.2, -0.15) is 0 Å². The van der Waals surface area contributed by atoms with Gasteiger partial charge in [0.2, 0.25) is 0 Å². The zero-order valence-electron chi connectivity index (χ0n) is 8.37. The van der Waals surface area contributed by atoms with Crippen molar-refractivity contribution in [3.05, 3.63) is 29.3 Å². The van der Waals surface area contributed by atoms with E-state index in [0.717, 1.165) is 5.75 Å². The van der Waals surface area contributed by atoms with Crippen molar-refractivity contribution in [1.29, 1.82) is 0 Å². The molecule has 0 radical (unpaired) electrons. The first-order valence-electron chi connectivity index (χ1n) is 4.47. The highest BCUT2D eigenvalue weighted by atomic mass is 16.5. The highest BCUT2D eigenvalue weighted by Crippen LogP contribution is 2.16. The van der Waals surface area contributed by atoms with Gasteiger partial charge in [0.1, 0.15) is 12.4 Å². The molecule has 0 aromatic heterocycles. The van der Waals surface area contributed by atoms with Crippen LogP contribution in [0.25, 0.3) is 0 Å². The minimum absolute atomic E-state index is 0.350. The lowest BCUT2D eigenvalue weighted by Crippen LogP contribution is -2.12. The monoisotopic (exact) mass is 180 g/mol. The van der Waals surface area contributed by atoms with Gasteiger partial charge in [-0.05, 0) is 44.0 Å². The third-order valence-electron chi connectivity index (χ3n) is 1.97. The molecule has 0 fully saturated rings. The number of aliphatic hydroxyl groups is 1. The molecule has 0 amide bonds. The number of aryl methyl sites for hydroxylation is 2. The normalized spacial score (nSPS) is 12.6. The fourth-order valence-corrected chi connectivity index (χ4v) is 1.02. The number of hydrogen-bond acceptors (Lipinski definition) is 2. The number of aliphatic hydroxyl groups excluding tert-OH is 1. The predicted molar refractivity (Wildman–Crippen MR) is 53.1 cm³/mol. The molecule has 0 aliphatic rings. The van der Waals surface area contributed by atoms with Crippen LogP contribution in [-0.4, -0.2) is 17.8 Å². The summed E-state index contributed by atoms with van der Waals surface area (Å²) >= 11 is 0. The number of ether oxygens (including phenoxy) is 1. The van der Waals surface area contributed by atoms with Gasteiger partial charge in [-0.3, -0.25) is 0 Å². The lowest BCUT2D eigenvalue weighted by atomic mass is 10.1. The van der Waals surface area contributed by atoms with E-state index in [1.54, 1.807) is 6.92 Å². The summed E-state index contributed by atoms with van der Waals surface area (Å²) in [6.45, 7) is 6.17. The van der Waals surface area contributed by atoms with E-state index in [-0.39, 0.29) is 0 Å². The van der Waals surface area contributed by atoms with Crippen LogP contribution in [0.4, 0.5) is 0 Å². The topological polar surface area (TPSA) is 29.5 Å². The molecule has 72 valence electrons. The molecule has 2 nitrogen and oxygen atoms in total. The van der Waals surface area contributed by atoms with E-state index in [9.17, 15) is 0 Å². The summed E-state index contributed by atoms with van der Waals surface area (Å²) in [6, 6.07) is 5.93.